The Morgan fingerprint density at radius 1 is 1.30 bits per heavy atom. The van der Waals surface area contributed by atoms with Gasteiger partial charge in [-0.15, -0.1) is 0 Å². The fraction of sp³-hybridized carbons (Fsp3) is 0.429. The summed E-state index contributed by atoms with van der Waals surface area (Å²) in [6.07, 6.45) is -3.21. The number of nitrogens with zero attached hydrogens (tertiary/aromatic N) is 6. The van der Waals surface area contributed by atoms with E-state index in [9.17, 15) is 23.1 Å². The lowest BCUT2D eigenvalue weighted by Gasteiger charge is -2.24. The van der Waals surface area contributed by atoms with E-state index in [1.54, 1.807) is 24.7 Å². The summed E-state index contributed by atoms with van der Waals surface area (Å²) in [5, 5.41) is 9.19. The molecule has 2 aromatic heterocycles. The average Bonchev–Trinajstić information content (AvgIpc) is 3.37. The number of carboxylic acid groups (broad SMARTS) is 1. The maximum Gasteiger partial charge on any atom is 0.416 e. The number of ether oxygens (including phenoxy) is 1. The van der Waals surface area contributed by atoms with Crippen LogP contribution in [0, 0.1) is 6.92 Å². The first-order valence-electron chi connectivity index (χ1n) is 10.2. The van der Waals surface area contributed by atoms with E-state index in [4.69, 9.17) is 4.74 Å². The monoisotopic (exact) mass is 464 g/mol. The molecule has 1 fully saturated rings. The van der Waals surface area contributed by atoms with Crippen LogP contribution in [-0.2, 0) is 13.2 Å². The Labute approximate surface area is 187 Å². The van der Waals surface area contributed by atoms with Crippen molar-refractivity contribution >= 4 is 23.2 Å². The van der Waals surface area contributed by atoms with E-state index in [2.05, 4.69) is 15.0 Å². The number of aryl methyl sites for hydroxylation is 2. The predicted molar refractivity (Wildman–Crippen MR) is 114 cm³/mol. The number of halogens is 3. The second kappa shape index (κ2) is 8.09. The van der Waals surface area contributed by atoms with Crippen LogP contribution in [-0.4, -0.2) is 68.9 Å². The van der Waals surface area contributed by atoms with Gasteiger partial charge in [0.2, 0.25) is 0 Å². The Balaban J connectivity index is 1.73. The zero-order valence-corrected chi connectivity index (χ0v) is 18.5. The van der Waals surface area contributed by atoms with E-state index in [0.29, 0.717) is 53.6 Å². The Bertz CT molecular complexity index is 1230. The summed E-state index contributed by atoms with van der Waals surface area (Å²) >= 11 is 0. The van der Waals surface area contributed by atoms with Gasteiger partial charge in [0.05, 0.1) is 24.4 Å². The van der Waals surface area contributed by atoms with Gasteiger partial charge in [0.15, 0.2) is 11.3 Å². The van der Waals surface area contributed by atoms with Crippen molar-refractivity contribution in [2.24, 2.45) is 7.05 Å². The topological polar surface area (TPSA) is 96.6 Å². The minimum Gasteiger partial charge on any atom is -0.496 e. The largest absolute Gasteiger partial charge is 0.496 e. The summed E-state index contributed by atoms with van der Waals surface area (Å²) in [5.41, 5.74) is 0.771. The first kappa shape index (κ1) is 22.6. The molecule has 33 heavy (non-hydrogen) atoms. The highest BCUT2D eigenvalue weighted by atomic mass is 19.4. The fourth-order valence-corrected chi connectivity index (χ4v) is 4.13. The van der Waals surface area contributed by atoms with Crippen molar-refractivity contribution in [2.75, 3.05) is 32.1 Å². The molecule has 0 aliphatic carbocycles. The minimum atomic E-state index is -4.50. The van der Waals surface area contributed by atoms with Gasteiger partial charge in [-0.05, 0) is 31.0 Å². The summed E-state index contributed by atoms with van der Waals surface area (Å²) < 4.78 is 46.7. The second-order valence-electron chi connectivity index (χ2n) is 8.02. The van der Waals surface area contributed by atoms with Crippen LogP contribution in [0.5, 0.6) is 5.75 Å². The van der Waals surface area contributed by atoms with Crippen LogP contribution in [0.15, 0.2) is 18.3 Å². The molecular formula is C21H23F3N6O3. The standard InChI is InChI=1S/C21H23F3N6O3/c1-11-7-12(21(22,23)24)8-14(33-4)16(11)18-27-17-19(29(18)3)25-9-15(26-17)28(2)13-5-6-30(10-13)20(31)32/h7-9,13H,5-6,10H2,1-4H3,(H,31,32)/t13-/m1/s1. The van der Waals surface area contributed by atoms with Gasteiger partial charge in [0.25, 0.3) is 0 Å². The highest BCUT2D eigenvalue weighted by molar-refractivity contribution is 5.79. The highest BCUT2D eigenvalue weighted by Crippen LogP contribution is 2.39. The first-order chi connectivity index (χ1) is 15.5. The first-order valence-corrected chi connectivity index (χ1v) is 10.2. The average molecular weight is 464 g/mol. The zero-order valence-electron chi connectivity index (χ0n) is 18.5. The van der Waals surface area contributed by atoms with Gasteiger partial charge < -0.3 is 24.2 Å². The molecule has 9 nitrogen and oxygen atoms in total. The lowest BCUT2D eigenvalue weighted by atomic mass is 10.0. The van der Waals surface area contributed by atoms with E-state index in [1.807, 2.05) is 11.9 Å². The van der Waals surface area contributed by atoms with Gasteiger partial charge in [0.1, 0.15) is 17.4 Å². The van der Waals surface area contributed by atoms with Crippen LogP contribution in [0.3, 0.4) is 0 Å². The fourth-order valence-electron chi connectivity index (χ4n) is 4.13. The minimum absolute atomic E-state index is 0.0479. The van der Waals surface area contributed by atoms with Crippen molar-refractivity contribution in [3.8, 4) is 17.1 Å². The highest BCUT2D eigenvalue weighted by Gasteiger charge is 2.33. The van der Waals surface area contributed by atoms with E-state index in [-0.39, 0.29) is 11.8 Å². The maximum atomic E-state index is 13.2. The van der Waals surface area contributed by atoms with Crippen LogP contribution < -0.4 is 9.64 Å². The molecule has 1 saturated heterocycles. The van der Waals surface area contributed by atoms with Crippen LogP contribution in [0.2, 0.25) is 0 Å². The smallest absolute Gasteiger partial charge is 0.416 e. The number of amides is 1. The van der Waals surface area contributed by atoms with Gasteiger partial charge in [-0.25, -0.2) is 19.7 Å². The molecule has 1 aliphatic rings. The molecule has 4 rings (SSSR count). The van der Waals surface area contributed by atoms with Crippen molar-refractivity contribution < 1.29 is 27.8 Å². The molecule has 3 aromatic rings. The molecule has 1 amide bonds. The van der Waals surface area contributed by atoms with E-state index in [1.165, 1.54) is 12.0 Å². The molecule has 1 aromatic carbocycles. The number of anilines is 1. The third-order valence-corrected chi connectivity index (χ3v) is 5.98. The number of methoxy groups -OCH3 is 1. The van der Waals surface area contributed by atoms with E-state index in [0.717, 1.165) is 12.1 Å². The number of hydrogen-bond acceptors (Lipinski definition) is 6. The predicted octanol–water partition coefficient (Wildman–Crippen LogP) is 3.55. The summed E-state index contributed by atoms with van der Waals surface area (Å²) in [6.45, 7) is 2.38. The molecule has 0 saturated carbocycles. The molecule has 12 heteroatoms. The van der Waals surface area contributed by atoms with Crippen molar-refractivity contribution in [3.63, 3.8) is 0 Å². The molecule has 1 aliphatic heterocycles. The molecule has 0 bridgehead atoms. The molecular weight excluding hydrogens is 441 g/mol. The molecule has 1 atom stereocenters. The van der Waals surface area contributed by atoms with Crippen molar-refractivity contribution in [2.45, 2.75) is 25.6 Å². The van der Waals surface area contributed by atoms with Crippen LogP contribution in [0.1, 0.15) is 17.5 Å². The SMILES string of the molecule is COc1cc(C(F)(F)F)cc(C)c1-c1nc2nc(N(C)[C@@H]3CCN(C(=O)O)C3)cnc2n1C. The number of alkyl halides is 3. The zero-order chi connectivity index (χ0) is 24.1. The van der Waals surface area contributed by atoms with Gasteiger partial charge >= 0.3 is 12.3 Å². The van der Waals surface area contributed by atoms with Gasteiger partial charge in [-0.3, -0.25) is 0 Å². The van der Waals surface area contributed by atoms with Crippen LogP contribution >= 0.6 is 0 Å². The third kappa shape index (κ3) is 4.00. The molecule has 176 valence electrons. The van der Waals surface area contributed by atoms with Crippen molar-refractivity contribution in [3.05, 3.63) is 29.5 Å². The number of likely N-dealkylation sites (tertiary alicyclic amines) is 1. The van der Waals surface area contributed by atoms with Gasteiger partial charge in [-0.1, -0.05) is 0 Å². The lowest BCUT2D eigenvalue weighted by molar-refractivity contribution is -0.137. The normalized spacial score (nSPS) is 16.5. The number of likely N-dealkylation sites (N-methyl/N-ethyl adjacent to an activating group) is 1. The van der Waals surface area contributed by atoms with Crippen LogP contribution in [0.4, 0.5) is 23.8 Å². The van der Waals surface area contributed by atoms with Gasteiger partial charge in [-0.2, -0.15) is 13.2 Å². The summed E-state index contributed by atoms with van der Waals surface area (Å²) in [6, 6.07) is 1.97. The molecule has 3 heterocycles. The molecule has 0 spiro atoms. The Morgan fingerprint density at radius 3 is 2.64 bits per heavy atom. The second-order valence-corrected chi connectivity index (χ2v) is 8.02. The van der Waals surface area contributed by atoms with E-state index < -0.39 is 17.8 Å². The summed E-state index contributed by atoms with van der Waals surface area (Å²) in [4.78, 5) is 28.0. The van der Waals surface area contributed by atoms with Crippen molar-refractivity contribution in [1.82, 2.24) is 24.4 Å². The number of aromatic nitrogens is 4. The Morgan fingerprint density at radius 2 is 2.03 bits per heavy atom. The summed E-state index contributed by atoms with van der Waals surface area (Å²) in [7, 11) is 4.84. The lowest BCUT2D eigenvalue weighted by Crippen LogP contribution is -2.36. The van der Waals surface area contributed by atoms with Gasteiger partial charge in [0, 0.05) is 33.2 Å². The maximum absolute atomic E-state index is 13.2. The quantitative estimate of drug-likeness (QED) is 0.631. The third-order valence-electron chi connectivity index (χ3n) is 5.98. The number of imidazole rings is 1. The molecule has 1 N–H and O–H groups in total. The number of rotatable bonds is 4. The van der Waals surface area contributed by atoms with Crippen molar-refractivity contribution in [1.29, 1.82) is 0 Å². The van der Waals surface area contributed by atoms with Crippen LogP contribution in [0.25, 0.3) is 22.7 Å². The number of fused-ring (bicyclic) bond motifs is 1. The Kier molecular flexibility index (Phi) is 5.54. The number of hydrogen-bond donors (Lipinski definition) is 1. The number of benzene rings is 1. The molecule has 0 unspecified atom stereocenters. The Hall–Kier alpha value is -3.57. The van der Waals surface area contributed by atoms with E-state index >= 15 is 0 Å². The molecule has 0 radical (unpaired) electrons. The summed E-state index contributed by atoms with van der Waals surface area (Å²) in [5.74, 6) is 0.962. The number of carbonyl (C=O) groups is 1.